The Morgan fingerprint density at radius 3 is 2.31 bits per heavy atom. The van der Waals surface area contributed by atoms with Crippen LogP contribution in [0.4, 0.5) is 0 Å². The van der Waals surface area contributed by atoms with Crippen LogP contribution in [0.15, 0.2) is 18.2 Å². The average Bonchev–Trinajstić information content (AvgIpc) is 3.05. The van der Waals surface area contributed by atoms with E-state index in [-0.39, 0.29) is 59.3 Å². The molecule has 1 aliphatic heterocycles. The Kier molecular flexibility index (Phi) is 12.9. The van der Waals surface area contributed by atoms with Crippen LogP contribution in [0.5, 0.6) is 17.2 Å². The molecule has 0 amide bonds. The number of nitrogens with one attached hydrogen (secondary N) is 1. The van der Waals surface area contributed by atoms with E-state index in [0.717, 1.165) is 19.3 Å². The van der Waals surface area contributed by atoms with Crippen LogP contribution in [0.1, 0.15) is 134 Å². The van der Waals surface area contributed by atoms with Crippen LogP contribution in [0.25, 0.3) is 0 Å². The van der Waals surface area contributed by atoms with Crippen molar-refractivity contribution in [3.8, 4) is 17.2 Å². The summed E-state index contributed by atoms with van der Waals surface area (Å²) in [5, 5.41) is 49.1. The number of aliphatic hydroxyl groups is 2. The van der Waals surface area contributed by atoms with Gasteiger partial charge in [-0.3, -0.25) is 14.4 Å². The molecule has 270 valence electrons. The largest absolute Gasteiger partial charge is 0.507 e. The van der Waals surface area contributed by atoms with Crippen molar-refractivity contribution >= 4 is 29.8 Å². The van der Waals surface area contributed by atoms with Gasteiger partial charge in [0.15, 0.2) is 17.9 Å². The van der Waals surface area contributed by atoms with Crippen LogP contribution in [0.2, 0.25) is 0 Å². The standard InChI is InChI=1S/C37H49NO10.ClH/c1-5-6-7-8-9-10-11-12-16-38-24-17-27(47-20(2)32(24)40)48-26-19-37(45,21(3)39)18-23-29(26)36(44)31-30(34(23)42)33(41)22-14-13-15-25(46-4)28(22)35(31)43;/h13-15,20,24,26-27,32,38,40,42,44-45H,5-12,16-19H2,1-4H3;1H/t20-,24-,26-,27-,32+,37-;/m0./s1. The summed E-state index contributed by atoms with van der Waals surface area (Å²) in [6.45, 7) is 5.85. The summed E-state index contributed by atoms with van der Waals surface area (Å²) in [5.74, 6) is -3.04. The van der Waals surface area contributed by atoms with Crippen molar-refractivity contribution < 1.29 is 49.0 Å². The maximum atomic E-state index is 13.9. The van der Waals surface area contributed by atoms with Gasteiger partial charge in [0.2, 0.25) is 5.78 Å². The molecule has 5 rings (SSSR count). The molecule has 6 atom stereocenters. The lowest BCUT2D eigenvalue weighted by Gasteiger charge is -2.43. The van der Waals surface area contributed by atoms with E-state index in [1.807, 2.05) is 0 Å². The smallest absolute Gasteiger partial charge is 0.202 e. The third-order valence-corrected chi connectivity index (χ3v) is 10.2. The van der Waals surface area contributed by atoms with Gasteiger partial charge in [0.1, 0.15) is 22.8 Å². The number of aromatic hydroxyl groups is 2. The Labute approximate surface area is 293 Å². The number of phenols is 2. The summed E-state index contributed by atoms with van der Waals surface area (Å²) in [4.78, 5) is 40.3. The molecule has 49 heavy (non-hydrogen) atoms. The maximum Gasteiger partial charge on any atom is 0.202 e. The molecule has 3 aliphatic rings. The summed E-state index contributed by atoms with van der Waals surface area (Å²) in [5.41, 5.74) is -2.88. The van der Waals surface area contributed by atoms with Gasteiger partial charge >= 0.3 is 0 Å². The number of ether oxygens (including phenoxy) is 3. The zero-order chi connectivity index (χ0) is 34.7. The summed E-state index contributed by atoms with van der Waals surface area (Å²) in [7, 11) is 1.36. The number of hydrogen-bond donors (Lipinski definition) is 5. The zero-order valence-corrected chi connectivity index (χ0v) is 29.6. The summed E-state index contributed by atoms with van der Waals surface area (Å²) in [6.07, 6.45) is 5.41. The van der Waals surface area contributed by atoms with Gasteiger partial charge in [-0.1, -0.05) is 64.0 Å². The number of Topliss-reactive ketones (excluding diaryl/α,β-unsaturated/α-hetero) is 1. The van der Waals surface area contributed by atoms with Crippen molar-refractivity contribution in [3.63, 3.8) is 0 Å². The monoisotopic (exact) mass is 703 g/mol. The Balaban J connectivity index is 0.00000541. The van der Waals surface area contributed by atoms with Crippen molar-refractivity contribution in [3.05, 3.63) is 51.6 Å². The molecule has 0 bridgehead atoms. The second-order valence-corrected chi connectivity index (χ2v) is 13.5. The van der Waals surface area contributed by atoms with E-state index < -0.39 is 76.6 Å². The van der Waals surface area contributed by atoms with Crippen molar-refractivity contribution in [2.24, 2.45) is 0 Å². The van der Waals surface area contributed by atoms with Crippen molar-refractivity contribution in [1.82, 2.24) is 5.32 Å². The first kappa shape index (κ1) is 38.7. The molecule has 0 spiro atoms. The molecule has 5 N–H and O–H groups in total. The van der Waals surface area contributed by atoms with Gasteiger partial charge in [0, 0.05) is 42.0 Å². The highest BCUT2D eigenvalue weighted by Gasteiger charge is 2.49. The molecule has 12 heteroatoms. The number of phenolic OH excluding ortho intramolecular Hbond substituents is 2. The lowest BCUT2D eigenvalue weighted by molar-refractivity contribution is -0.249. The molecule has 1 fully saturated rings. The fourth-order valence-corrected chi connectivity index (χ4v) is 7.37. The molecule has 1 heterocycles. The van der Waals surface area contributed by atoms with Crippen LogP contribution in [0, 0.1) is 0 Å². The normalized spacial score (nSPS) is 26.0. The number of fused-ring (bicyclic) bond motifs is 3. The number of aliphatic hydroxyl groups excluding tert-OH is 1. The molecule has 11 nitrogen and oxygen atoms in total. The van der Waals surface area contributed by atoms with E-state index in [1.54, 1.807) is 13.0 Å². The van der Waals surface area contributed by atoms with Crippen LogP contribution in [0.3, 0.4) is 0 Å². The second-order valence-electron chi connectivity index (χ2n) is 13.5. The molecule has 0 radical (unpaired) electrons. The topological polar surface area (TPSA) is 172 Å². The van der Waals surface area contributed by atoms with Gasteiger partial charge in [-0.25, -0.2) is 0 Å². The first-order chi connectivity index (χ1) is 22.9. The number of benzene rings is 2. The van der Waals surface area contributed by atoms with Crippen molar-refractivity contribution in [1.29, 1.82) is 0 Å². The molecule has 2 aromatic carbocycles. The van der Waals surface area contributed by atoms with E-state index in [0.29, 0.717) is 6.54 Å². The van der Waals surface area contributed by atoms with Gasteiger partial charge in [-0.05, 0) is 32.9 Å². The molecular weight excluding hydrogens is 654 g/mol. The minimum Gasteiger partial charge on any atom is -0.507 e. The predicted molar refractivity (Wildman–Crippen MR) is 184 cm³/mol. The number of unbranched alkanes of at least 4 members (excludes halogenated alkanes) is 7. The highest BCUT2D eigenvalue weighted by atomic mass is 35.5. The number of carbonyl (C=O) groups is 3. The van der Waals surface area contributed by atoms with E-state index in [4.69, 9.17) is 14.2 Å². The minimum atomic E-state index is -1.99. The number of rotatable bonds is 14. The predicted octanol–water partition coefficient (Wildman–Crippen LogP) is 5.22. The fourth-order valence-electron chi connectivity index (χ4n) is 7.37. The van der Waals surface area contributed by atoms with Gasteiger partial charge in [-0.15, -0.1) is 12.4 Å². The third-order valence-electron chi connectivity index (χ3n) is 10.2. The van der Waals surface area contributed by atoms with Crippen LogP contribution in [-0.4, -0.2) is 81.6 Å². The molecule has 0 saturated carbocycles. The maximum absolute atomic E-state index is 13.9. The number of halogens is 1. The van der Waals surface area contributed by atoms with Crippen molar-refractivity contribution in [2.75, 3.05) is 13.7 Å². The second kappa shape index (κ2) is 16.3. The summed E-state index contributed by atoms with van der Waals surface area (Å²) < 4.78 is 17.7. The van der Waals surface area contributed by atoms with E-state index in [2.05, 4.69) is 12.2 Å². The Bertz CT molecular complexity index is 1550. The van der Waals surface area contributed by atoms with Crippen molar-refractivity contribution in [2.45, 2.75) is 128 Å². The van der Waals surface area contributed by atoms with Gasteiger partial charge in [0.25, 0.3) is 0 Å². The van der Waals surface area contributed by atoms with Crippen LogP contribution < -0.4 is 10.1 Å². The van der Waals surface area contributed by atoms with E-state index in [9.17, 15) is 34.8 Å². The van der Waals surface area contributed by atoms with Gasteiger partial charge < -0.3 is 40.0 Å². The van der Waals surface area contributed by atoms with Gasteiger partial charge in [0.05, 0.1) is 42.1 Å². The molecule has 0 aromatic heterocycles. The summed E-state index contributed by atoms with van der Waals surface area (Å²) >= 11 is 0. The number of hydrogen-bond acceptors (Lipinski definition) is 11. The Morgan fingerprint density at radius 1 is 1.00 bits per heavy atom. The summed E-state index contributed by atoms with van der Waals surface area (Å²) in [6, 6.07) is 4.13. The Hall–Kier alpha value is -3.06. The van der Waals surface area contributed by atoms with Crippen LogP contribution in [-0.2, 0) is 20.7 Å². The average molecular weight is 704 g/mol. The number of carbonyl (C=O) groups excluding carboxylic acids is 3. The highest BCUT2D eigenvalue weighted by molar-refractivity contribution is 6.31. The van der Waals surface area contributed by atoms with E-state index >= 15 is 0 Å². The molecule has 1 saturated heterocycles. The molecule has 2 aliphatic carbocycles. The quantitative estimate of drug-likeness (QED) is 0.110. The minimum absolute atomic E-state index is 0. The number of ketones is 3. The number of methoxy groups -OCH3 is 1. The molecule has 2 aromatic rings. The first-order valence-corrected chi connectivity index (χ1v) is 17.3. The fraction of sp³-hybridized carbons (Fsp3) is 0.595. The van der Waals surface area contributed by atoms with Gasteiger partial charge in [-0.2, -0.15) is 0 Å². The zero-order valence-electron chi connectivity index (χ0n) is 28.8. The lowest BCUT2D eigenvalue weighted by Crippen LogP contribution is -2.54. The van der Waals surface area contributed by atoms with E-state index in [1.165, 1.54) is 58.3 Å². The SMILES string of the molecule is CCCCCCCCCCN[C@H]1C[C@H](O[C@H]2C[C@](O)(C(C)=O)Cc3c(O)c4c(c(O)c32)C(=O)c2c(OC)cccc2C4=O)O[C@@H](C)[C@H]1O.Cl. The molecule has 0 unspecified atom stereocenters. The highest BCUT2D eigenvalue weighted by Crippen LogP contribution is 2.52. The third kappa shape index (κ3) is 7.67. The van der Waals surface area contributed by atoms with Crippen LogP contribution >= 0.6 is 12.4 Å². The Morgan fingerprint density at radius 2 is 1.65 bits per heavy atom. The molecular formula is C37H50ClNO10. The lowest BCUT2D eigenvalue weighted by atomic mass is 9.72. The first-order valence-electron chi connectivity index (χ1n) is 17.3.